The van der Waals surface area contributed by atoms with E-state index in [4.69, 9.17) is 21.1 Å². The summed E-state index contributed by atoms with van der Waals surface area (Å²) in [5.74, 6) is 1.97. The van der Waals surface area contributed by atoms with Gasteiger partial charge in [-0.1, -0.05) is 23.7 Å². The van der Waals surface area contributed by atoms with Crippen LogP contribution in [0.3, 0.4) is 0 Å². The standard InChI is InChI=1S/C19H28ClN3O2.HI/c1-21-19(22-7-3-8-24-12-14-6-9-25-13-14)23-18-11-17(18)15-4-2-5-16(20)10-15;/h2,4-5,10,14,17-18H,3,6-9,11-13H2,1H3,(H2,21,22,23);1H. The van der Waals surface area contributed by atoms with E-state index < -0.39 is 0 Å². The lowest BCUT2D eigenvalue weighted by molar-refractivity contribution is 0.0888. The highest BCUT2D eigenvalue weighted by Gasteiger charge is 2.39. The summed E-state index contributed by atoms with van der Waals surface area (Å²) >= 11 is 6.07. The van der Waals surface area contributed by atoms with Crippen molar-refractivity contribution >= 4 is 41.5 Å². The number of guanidine groups is 1. The van der Waals surface area contributed by atoms with Crippen molar-refractivity contribution in [1.82, 2.24) is 10.6 Å². The third-order valence-electron chi connectivity index (χ3n) is 4.75. The van der Waals surface area contributed by atoms with E-state index in [1.54, 1.807) is 0 Å². The van der Waals surface area contributed by atoms with Gasteiger partial charge in [0.05, 0.1) is 13.2 Å². The summed E-state index contributed by atoms with van der Waals surface area (Å²) in [6, 6.07) is 8.55. The van der Waals surface area contributed by atoms with Crippen LogP contribution in [-0.4, -0.2) is 52.0 Å². The number of hydrogen-bond donors (Lipinski definition) is 2. The van der Waals surface area contributed by atoms with E-state index in [1.807, 2.05) is 19.2 Å². The van der Waals surface area contributed by atoms with Crippen molar-refractivity contribution in [1.29, 1.82) is 0 Å². The number of halogens is 2. The Morgan fingerprint density at radius 1 is 1.42 bits per heavy atom. The zero-order valence-corrected chi connectivity index (χ0v) is 18.3. The van der Waals surface area contributed by atoms with Crippen LogP contribution in [-0.2, 0) is 9.47 Å². The van der Waals surface area contributed by atoms with Gasteiger partial charge < -0.3 is 20.1 Å². The molecule has 1 aromatic rings. The molecule has 0 radical (unpaired) electrons. The van der Waals surface area contributed by atoms with Crippen molar-refractivity contribution in [2.75, 3.05) is 40.0 Å². The first-order valence-corrected chi connectivity index (χ1v) is 9.52. The van der Waals surface area contributed by atoms with E-state index in [2.05, 4.69) is 27.8 Å². The maximum Gasteiger partial charge on any atom is 0.191 e. The lowest BCUT2D eigenvalue weighted by atomic mass is 10.1. The Bertz CT molecular complexity index is 582. The Morgan fingerprint density at radius 3 is 3.04 bits per heavy atom. The van der Waals surface area contributed by atoms with Crippen LogP contribution in [0.1, 0.15) is 30.7 Å². The molecule has 146 valence electrons. The Morgan fingerprint density at radius 2 is 2.31 bits per heavy atom. The highest BCUT2D eigenvalue weighted by Crippen LogP contribution is 2.41. The summed E-state index contributed by atoms with van der Waals surface area (Å²) < 4.78 is 11.1. The average Bonchev–Trinajstić information content (AvgIpc) is 3.19. The Hall–Kier alpha value is -0.570. The summed E-state index contributed by atoms with van der Waals surface area (Å²) in [5, 5.41) is 7.64. The molecule has 3 unspecified atom stereocenters. The van der Waals surface area contributed by atoms with E-state index in [0.717, 1.165) is 63.2 Å². The smallest absolute Gasteiger partial charge is 0.191 e. The van der Waals surface area contributed by atoms with Crippen molar-refractivity contribution in [3.05, 3.63) is 34.9 Å². The van der Waals surface area contributed by atoms with E-state index >= 15 is 0 Å². The maximum absolute atomic E-state index is 6.07. The van der Waals surface area contributed by atoms with E-state index in [0.29, 0.717) is 17.9 Å². The first-order chi connectivity index (χ1) is 12.3. The van der Waals surface area contributed by atoms with Crippen LogP contribution in [0.2, 0.25) is 5.02 Å². The molecule has 1 aliphatic heterocycles. The largest absolute Gasteiger partial charge is 0.381 e. The van der Waals surface area contributed by atoms with Gasteiger partial charge in [-0.05, 0) is 37.0 Å². The normalized spacial score (nSPS) is 24.8. The highest BCUT2D eigenvalue weighted by atomic mass is 127. The molecule has 2 aliphatic rings. The minimum Gasteiger partial charge on any atom is -0.381 e. The molecule has 0 amide bonds. The molecule has 2 N–H and O–H groups in total. The molecule has 0 bridgehead atoms. The molecule has 1 aliphatic carbocycles. The van der Waals surface area contributed by atoms with Crippen molar-refractivity contribution in [2.24, 2.45) is 10.9 Å². The SMILES string of the molecule is CN=C(NCCCOCC1CCOC1)NC1CC1c1cccc(Cl)c1.I. The van der Waals surface area contributed by atoms with Gasteiger partial charge >= 0.3 is 0 Å². The molecule has 7 heteroatoms. The molecular weight excluding hydrogens is 465 g/mol. The first-order valence-electron chi connectivity index (χ1n) is 9.14. The summed E-state index contributed by atoms with van der Waals surface area (Å²) in [6.07, 6.45) is 3.22. The van der Waals surface area contributed by atoms with E-state index in [9.17, 15) is 0 Å². The number of nitrogens with zero attached hydrogens (tertiary/aromatic N) is 1. The lowest BCUT2D eigenvalue weighted by Gasteiger charge is -2.13. The van der Waals surface area contributed by atoms with Gasteiger partial charge in [-0.3, -0.25) is 4.99 Å². The topological polar surface area (TPSA) is 54.9 Å². The van der Waals surface area contributed by atoms with Crippen molar-refractivity contribution < 1.29 is 9.47 Å². The Balaban J connectivity index is 0.00000243. The Kier molecular flexibility index (Phi) is 9.45. The molecule has 1 aromatic carbocycles. The predicted molar refractivity (Wildman–Crippen MR) is 117 cm³/mol. The van der Waals surface area contributed by atoms with Crippen LogP contribution >= 0.6 is 35.6 Å². The lowest BCUT2D eigenvalue weighted by Crippen LogP contribution is -2.39. The molecule has 0 aromatic heterocycles. The summed E-state index contributed by atoms with van der Waals surface area (Å²) in [5.41, 5.74) is 1.30. The molecule has 1 heterocycles. The van der Waals surface area contributed by atoms with Crippen LogP contribution in [0, 0.1) is 5.92 Å². The number of benzene rings is 1. The maximum atomic E-state index is 6.07. The van der Waals surface area contributed by atoms with Gasteiger partial charge in [0.2, 0.25) is 0 Å². The molecule has 5 nitrogen and oxygen atoms in total. The monoisotopic (exact) mass is 493 g/mol. The quantitative estimate of drug-likeness (QED) is 0.252. The van der Waals surface area contributed by atoms with Crippen molar-refractivity contribution in [3.8, 4) is 0 Å². The highest BCUT2D eigenvalue weighted by molar-refractivity contribution is 14.0. The second-order valence-corrected chi connectivity index (χ2v) is 7.24. The average molecular weight is 494 g/mol. The second kappa shape index (κ2) is 11.3. The molecule has 1 saturated carbocycles. The Labute approximate surface area is 178 Å². The third kappa shape index (κ3) is 6.87. The zero-order chi connectivity index (χ0) is 17.5. The number of ether oxygens (including phenoxy) is 2. The van der Waals surface area contributed by atoms with Gasteiger partial charge in [0.15, 0.2) is 5.96 Å². The van der Waals surface area contributed by atoms with Crippen LogP contribution in [0.15, 0.2) is 29.3 Å². The third-order valence-corrected chi connectivity index (χ3v) is 4.98. The van der Waals surface area contributed by atoms with Gasteiger partial charge in [0, 0.05) is 49.7 Å². The first kappa shape index (κ1) is 21.7. The second-order valence-electron chi connectivity index (χ2n) is 6.81. The molecule has 1 saturated heterocycles. The fourth-order valence-electron chi connectivity index (χ4n) is 3.18. The molecule has 26 heavy (non-hydrogen) atoms. The van der Waals surface area contributed by atoms with Gasteiger partial charge in [-0.15, -0.1) is 24.0 Å². The van der Waals surface area contributed by atoms with E-state index in [1.165, 1.54) is 5.56 Å². The van der Waals surface area contributed by atoms with E-state index in [-0.39, 0.29) is 24.0 Å². The number of rotatable bonds is 8. The molecular formula is C19H29ClIN3O2. The van der Waals surface area contributed by atoms with Gasteiger partial charge in [0.1, 0.15) is 0 Å². The summed E-state index contributed by atoms with van der Waals surface area (Å²) in [7, 11) is 1.81. The minimum atomic E-state index is 0. The minimum absolute atomic E-state index is 0. The number of hydrogen-bond acceptors (Lipinski definition) is 3. The van der Waals surface area contributed by atoms with Gasteiger partial charge in [-0.2, -0.15) is 0 Å². The summed E-state index contributed by atoms with van der Waals surface area (Å²) in [4.78, 5) is 4.31. The fraction of sp³-hybridized carbons (Fsp3) is 0.632. The van der Waals surface area contributed by atoms with Crippen LogP contribution in [0.25, 0.3) is 0 Å². The number of aliphatic imine (C=N–C) groups is 1. The molecule has 2 fully saturated rings. The molecule has 0 spiro atoms. The van der Waals surface area contributed by atoms with Gasteiger partial charge in [0.25, 0.3) is 0 Å². The molecule has 3 atom stereocenters. The van der Waals surface area contributed by atoms with Crippen molar-refractivity contribution in [2.45, 2.75) is 31.2 Å². The van der Waals surface area contributed by atoms with Crippen LogP contribution < -0.4 is 10.6 Å². The molecule has 3 rings (SSSR count). The van der Waals surface area contributed by atoms with Crippen LogP contribution in [0.5, 0.6) is 0 Å². The van der Waals surface area contributed by atoms with Gasteiger partial charge in [-0.25, -0.2) is 0 Å². The number of nitrogens with one attached hydrogen (secondary N) is 2. The fourth-order valence-corrected chi connectivity index (χ4v) is 3.37. The summed E-state index contributed by atoms with van der Waals surface area (Å²) in [6.45, 7) is 4.18. The van der Waals surface area contributed by atoms with Crippen molar-refractivity contribution in [3.63, 3.8) is 0 Å². The van der Waals surface area contributed by atoms with Crippen LogP contribution in [0.4, 0.5) is 0 Å². The predicted octanol–water partition coefficient (Wildman–Crippen LogP) is 3.42. The zero-order valence-electron chi connectivity index (χ0n) is 15.2.